The van der Waals surface area contributed by atoms with Gasteiger partial charge in [0, 0.05) is 6.04 Å². The van der Waals surface area contributed by atoms with E-state index in [1.807, 2.05) is 12.1 Å². The summed E-state index contributed by atoms with van der Waals surface area (Å²) in [5.74, 6) is 0. The lowest BCUT2D eigenvalue weighted by molar-refractivity contribution is 0.158. The smallest absolute Gasteiger partial charge is 0.328 e. The van der Waals surface area contributed by atoms with Crippen molar-refractivity contribution in [1.82, 2.24) is 0 Å². The van der Waals surface area contributed by atoms with Crippen LogP contribution in [0.25, 0.3) is 0 Å². The van der Waals surface area contributed by atoms with Gasteiger partial charge >= 0.3 is 7.60 Å². The van der Waals surface area contributed by atoms with E-state index in [1.54, 1.807) is 0 Å². The largest absolute Gasteiger partial charge is 0.391 e. The molecule has 1 rings (SSSR count). The van der Waals surface area contributed by atoms with Gasteiger partial charge < -0.3 is 20.6 Å². The predicted octanol–water partition coefficient (Wildman–Crippen LogP) is 3.00. The van der Waals surface area contributed by atoms with Crippen molar-refractivity contribution in [1.29, 1.82) is 0 Å². The highest BCUT2D eigenvalue weighted by molar-refractivity contribution is 7.51. The monoisotopic (exact) mass is 357 g/mol. The molecule has 1 aromatic rings. The van der Waals surface area contributed by atoms with Gasteiger partial charge in [0.2, 0.25) is 0 Å². The first-order valence-electron chi connectivity index (χ1n) is 8.88. The summed E-state index contributed by atoms with van der Waals surface area (Å²) in [5.41, 5.74) is 8.10. The second-order valence-corrected chi connectivity index (χ2v) is 8.31. The third kappa shape index (κ3) is 9.55. The van der Waals surface area contributed by atoms with Crippen LogP contribution in [-0.4, -0.2) is 33.2 Å². The van der Waals surface area contributed by atoms with Crippen LogP contribution >= 0.6 is 7.60 Å². The van der Waals surface area contributed by atoms with Crippen molar-refractivity contribution >= 4 is 7.60 Å². The molecule has 138 valence electrons. The lowest BCUT2D eigenvalue weighted by Crippen LogP contribution is -2.38. The number of nitrogens with two attached hydrogens (primary N) is 1. The first-order chi connectivity index (χ1) is 11.3. The molecular formula is C18H32NO4P. The molecular weight excluding hydrogens is 325 g/mol. The van der Waals surface area contributed by atoms with Gasteiger partial charge in [0.25, 0.3) is 0 Å². The summed E-state index contributed by atoms with van der Waals surface area (Å²) in [7, 11) is -4.24. The maximum absolute atomic E-state index is 10.9. The number of aliphatic hydroxyl groups excluding tert-OH is 1. The molecule has 0 aromatic heterocycles. The highest BCUT2D eigenvalue weighted by atomic mass is 31.2. The summed E-state index contributed by atoms with van der Waals surface area (Å²) in [5, 5.41) is 9.76. The van der Waals surface area contributed by atoms with Gasteiger partial charge in [-0.3, -0.25) is 4.57 Å². The van der Waals surface area contributed by atoms with Crippen molar-refractivity contribution < 1.29 is 19.5 Å². The second-order valence-electron chi connectivity index (χ2n) is 6.62. The van der Waals surface area contributed by atoms with E-state index >= 15 is 0 Å². The molecule has 5 N–H and O–H groups in total. The molecule has 0 amide bonds. The second kappa shape index (κ2) is 11.0. The summed E-state index contributed by atoms with van der Waals surface area (Å²) >= 11 is 0. The van der Waals surface area contributed by atoms with Crippen molar-refractivity contribution in [3.05, 3.63) is 35.4 Å². The van der Waals surface area contributed by atoms with E-state index < -0.39 is 25.9 Å². The van der Waals surface area contributed by atoms with Crippen molar-refractivity contribution in [3.8, 4) is 0 Å². The Morgan fingerprint density at radius 3 is 2.12 bits per heavy atom. The van der Waals surface area contributed by atoms with Gasteiger partial charge in [0.1, 0.15) is 0 Å². The Balaban J connectivity index is 2.34. The number of aryl methyl sites for hydroxylation is 1. The molecule has 0 saturated heterocycles. The molecule has 0 aliphatic carbocycles. The van der Waals surface area contributed by atoms with Crippen LogP contribution in [0.2, 0.25) is 0 Å². The van der Waals surface area contributed by atoms with E-state index in [0.717, 1.165) is 12.0 Å². The molecule has 0 bridgehead atoms. The molecule has 0 spiro atoms. The average molecular weight is 357 g/mol. The summed E-state index contributed by atoms with van der Waals surface area (Å²) in [6.45, 7) is 2.22. The van der Waals surface area contributed by atoms with Gasteiger partial charge in [-0.05, 0) is 30.4 Å². The molecule has 0 heterocycles. The van der Waals surface area contributed by atoms with Gasteiger partial charge in [-0.2, -0.15) is 0 Å². The van der Waals surface area contributed by atoms with Gasteiger partial charge in [0.15, 0.2) is 0 Å². The molecule has 0 radical (unpaired) electrons. The topological polar surface area (TPSA) is 104 Å². The Morgan fingerprint density at radius 1 is 1.00 bits per heavy atom. The van der Waals surface area contributed by atoms with Gasteiger partial charge in [-0.1, -0.05) is 63.3 Å². The quantitative estimate of drug-likeness (QED) is 0.340. The Labute approximate surface area is 145 Å². The molecule has 0 fully saturated rings. The van der Waals surface area contributed by atoms with Crippen LogP contribution in [0.4, 0.5) is 0 Å². The zero-order valence-corrected chi connectivity index (χ0v) is 15.5. The maximum atomic E-state index is 10.9. The van der Waals surface area contributed by atoms with E-state index in [0.29, 0.717) is 6.42 Å². The number of hydrogen-bond donors (Lipinski definition) is 4. The van der Waals surface area contributed by atoms with E-state index in [9.17, 15) is 9.67 Å². The molecule has 5 nitrogen and oxygen atoms in total. The highest BCUT2D eigenvalue weighted by Crippen LogP contribution is 2.35. The number of rotatable bonds is 12. The van der Waals surface area contributed by atoms with Gasteiger partial charge in [-0.25, -0.2) is 0 Å². The van der Waals surface area contributed by atoms with Crippen molar-refractivity contribution in [2.24, 2.45) is 5.73 Å². The number of aliphatic hydroxyl groups is 1. The zero-order chi connectivity index (χ0) is 18.0. The lowest BCUT2D eigenvalue weighted by Gasteiger charge is -2.19. The minimum absolute atomic E-state index is 0.401. The Kier molecular flexibility index (Phi) is 9.79. The standard InChI is InChI=1S/C18H32NO4P/c1-2-3-4-5-6-7-8-15-9-11-16(12-10-15)13-17(19)18(20)14-24(21,22)23/h9-12,17-18,20H,2-8,13-14,19H2,1H3,(H2,21,22,23). The third-order valence-electron chi connectivity index (χ3n) is 4.23. The molecule has 1 aromatic carbocycles. The van der Waals surface area contributed by atoms with Crippen LogP contribution in [0.5, 0.6) is 0 Å². The van der Waals surface area contributed by atoms with E-state index in [1.165, 1.54) is 44.1 Å². The Bertz CT molecular complexity index is 500. The number of hydrogen-bond acceptors (Lipinski definition) is 3. The summed E-state index contributed by atoms with van der Waals surface area (Å²) in [6.07, 6.45) is 7.36. The predicted molar refractivity (Wildman–Crippen MR) is 98.1 cm³/mol. The summed E-state index contributed by atoms with van der Waals surface area (Å²) in [4.78, 5) is 17.8. The van der Waals surface area contributed by atoms with Crippen LogP contribution < -0.4 is 5.73 Å². The van der Waals surface area contributed by atoms with Crippen molar-refractivity contribution in [3.63, 3.8) is 0 Å². The molecule has 24 heavy (non-hydrogen) atoms. The SMILES string of the molecule is CCCCCCCCc1ccc(CC(N)C(O)CP(=O)(O)O)cc1. The summed E-state index contributed by atoms with van der Waals surface area (Å²) < 4.78 is 10.9. The molecule has 6 heteroatoms. The van der Waals surface area contributed by atoms with E-state index in [2.05, 4.69) is 19.1 Å². The highest BCUT2D eigenvalue weighted by Gasteiger charge is 2.24. The fourth-order valence-corrected chi connectivity index (χ4v) is 3.50. The first-order valence-corrected chi connectivity index (χ1v) is 10.7. The lowest BCUT2D eigenvalue weighted by atomic mass is 9.99. The van der Waals surface area contributed by atoms with Crippen LogP contribution in [0.1, 0.15) is 56.6 Å². The fourth-order valence-electron chi connectivity index (χ4n) is 2.74. The molecule has 0 aliphatic rings. The number of benzene rings is 1. The van der Waals surface area contributed by atoms with Gasteiger partial charge in [-0.15, -0.1) is 0 Å². The fraction of sp³-hybridized carbons (Fsp3) is 0.667. The molecule has 0 aliphatic heterocycles. The molecule has 2 unspecified atom stereocenters. The Hall–Kier alpha value is -0.710. The zero-order valence-electron chi connectivity index (χ0n) is 14.6. The Morgan fingerprint density at radius 2 is 1.54 bits per heavy atom. The van der Waals surface area contributed by atoms with Crippen LogP contribution in [-0.2, 0) is 17.4 Å². The maximum Gasteiger partial charge on any atom is 0.328 e. The minimum Gasteiger partial charge on any atom is -0.391 e. The number of unbranched alkanes of at least 4 members (excludes halogenated alkanes) is 5. The first kappa shape index (κ1) is 21.3. The van der Waals surface area contributed by atoms with Gasteiger partial charge in [0.05, 0.1) is 12.3 Å². The van der Waals surface area contributed by atoms with Crippen molar-refractivity contribution in [2.75, 3.05) is 6.16 Å². The minimum atomic E-state index is -4.24. The van der Waals surface area contributed by atoms with Crippen LogP contribution in [0.15, 0.2) is 24.3 Å². The molecule has 2 atom stereocenters. The van der Waals surface area contributed by atoms with Crippen LogP contribution in [0, 0.1) is 0 Å². The third-order valence-corrected chi connectivity index (χ3v) is 5.08. The van der Waals surface area contributed by atoms with Crippen molar-refractivity contribution in [2.45, 2.75) is 70.4 Å². The summed E-state index contributed by atoms with van der Waals surface area (Å²) in [6, 6.07) is 7.43. The van der Waals surface area contributed by atoms with Crippen LogP contribution in [0.3, 0.4) is 0 Å². The van der Waals surface area contributed by atoms with E-state index in [4.69, 9.17) is 15.5 Å². The average Bonchev–Trinajstić information content (AvgIpc) is 2.50. The molecule has 0 saturated carbocycles. The normalized spacial score (nSPS) is 14.5. The van der Waals surface area contributed by atoms with E-state index in [-0.39, 0.29) is 0 Å².